The van der Waals surface area contributed by atoms with E-state index in [4.69, 9.17) is 9.84 Å². The predicted molar refractivity (Wildman–Crippen MR) is 104 cm³/mol. The monoisotopic (exact) mass is 385 g/mol. The summed E-state index contributed by atoms with van der Waals surface area (Å²) in [6, 6.07) is 4.12. The molecule has 5 rings (SSSR count). The zero-order valence-corrected chi connectivity index (χ0v) is 16.3. The van der Waals surface area contributed by atoms with Crippen molar-refractivity contribution >= 4 is 17.5 Å². The van der Waals surface area contributed by atoms with Gasteiger partial charge in [0.2, 0.25) is 0 Å². The summed E-state index contributed by atoms with van der Waals surface area (Å²) in [5.74, 6) is 2.38. The quantitative estimate of drug-likeness (QED) is 0.837. The molecule has 1 N–H and O–H groups in total. The Labute approximate surface area is 164 Å². The van der Waals surface area contributed by atoms with Gasteiger partial charge in [-0.25, -0.2) is 4.79 Å². The van der Waals surface area contributed by atoms with Gasteiger partial charge < -0.3 is 19.9 Å². The Morgan fingerprint density at radius 3 is 2.82 bits per heavy atom. The molecule has 2 saturated heterocycles. The Balaban J connectivity index is 1.18. The zero-order valence-electron chi connectivity index (χ0n) is 16.3. The van der Waals surface area contributed by atoms with Crippen molar-refractivity contribution in [2.24, 2.45) is 0 Å². The molecule has 1 atom stereocenters. The van der Waals surface area contributed by atoms with Crippen LogP contribution in [0.25, 0.3) is 5.65 Å². The Bertz CT molecular complexity index is 853. The van der Waals surface area contributed by atoms with E-state index in [1.54, 1.807) is 4.90 Å². The highest BCUT2D eigenvalue weighted by Gasteiger charge is 2.34. The molecular formula is C19H27N7O2. The number of amides is 2. The molecule has 9 nitrogen and oxygen atoms in total. The van der Waals surface area contributed by atoms with Crippen molar-refractivity contribution in [2.45, 2.75) is 50.2 Å². The van der Waals surface area contributed by atoms with Crippen LogP contribution in [-0.2, 0) is 4.74 Å². The van der Waals surface area contributed by atoms with Crippen LogP contribution in [0.15, 0.2) is 12.1 Å². The van der Waals surface area contributed by atoms with Crippen LogP contribution in [0.3, 0.4) is 0 Å². The Morgan fingerprint density at radius 1 is 1.25 bits per heavy atom. The fourth-order valence-electron chi connectivity index (χ4n) is 4.07. The van der Waals surface area contributed by atoms with E-state index in [9.17, 15) is 4.79 Å². The van der Waals surface area contributed by atoms with Crippen molar-refractivity contribution < 1.29 is 9.53 Å². The third-order valence-electron chi connectivity index (χ3n) is 6.30. The lowest BCUT2D eigenvalue weighted by Gasteiger charge is -2.44. The second-order valence-electron chi connectivity index (χ2n) is 8.14. The first-order valence-electron chi connectivity index (χ1n) is 10.3. The van der Waals surface area contributed by atoms with Gasteiger partial charge in [0.05, 0.1) is 12.1 Å². The normalized spacial score (nSPS) is 22.9. The number of aromatic nitrogens is 4. The van der Waals surface area contributed by atoms with Gasteiger partial charge in [-0.2, -0.15) is 4.52 Å². The average Bonchev–Trinajstić information content (AvgIpc) is 3.27. The largest absolute Gasteiger partial charge is 0.376 e. The molecule has 3 aliphatic rings. The summed E-state index contributed by atoms with van der Waals surface area (Å²) in [6.45, 7) is 2.96. The lowest BCUT2D eigenvalue weighted by Crippen LogP contribution is -2.61. The van der Waals surface area contributed by atoms with Gasteiger partial charge >= 0.3 is 6.03 Å². The molecule has 28 heavy (non-hydrogen) atoms. The first-order chi connectivity index (χ1) is 13.7. The van der Waals surface area contributed by atoms with Crippen molar-refractivity contribution in [3.05, 3.63) is 18.0 Å². The number of ether oxygens (including phenoxy) is 1. The fourth-order valence-corrected chi connectivity index (χ4v) is 4.07. The summed E-state index contributed by atoms with van der Waals surface area (Å²) in [4.78, 5) is 16.4. The first kappa shape index (κ1) is 17.7. The lowest BCUT2D eigenvalue weighted by molar-refractivity contribution is 0.107. The van der Waals surface area contributed by atoms with E-state index in [1.807, 2.05) is 23.7 Å². The molecular weight excluding hydrogens is 358 g/mol. The Morgan fingerprint density at radius 2 is 2.11 bits per heavy atom. The van der Waals surface area contributed by atoms with Crippen molar-refractivity contribution in [3.63, 3.8) is 0 Å². The lowest BCUT2D eigenvalue weighted by atomic mass is 9.85. The van der Waals surface area contributed by atoms with Gasteiger partial charge in [-0.05, 0) is 37.8 Å². The van der Waals surface area contributed by atoms with Crippen LogP contribution in [0.2, 0.25) is 0 Å². The third-order valence-corrected chi connectivity index (χ3v) is 6.30. The number of anilines is 1. The highest BCUT2D eigenvalue weighted by molar-refractivity contribution is 5.74. The highest BCUT2D eigenvalue weighted by Crippen LogP contribution is 2.35. The van der Waals surface area contributed by atoms with Crippen molar-refractivity contribution in [2.75, 3.05) is 38.2 Å². The summed E-state index contributed by atoms with van der Waals surface area (Å²) < 4.78 is 7.46. The van der Waals surface area contributed by atoms with Gasteiger partial charge in [-0.15, -0.1) is 15.3 Å². The van der Waals surface area contributed by atoms with Gasteiger partial charge in [-0.1, -0.05) is 6.42 Å². The maximum absolute atomic E-state index is 12.4. The molecule has 1 saturated carbocycles. The van der Waals surface area contributed by atoms with Crippen LogP contribution in [0.4, 0.5) is 10.6 Å². The summed E-state index contributed by atoms with van der Waals surface area (Å²) >= 11 is 0. The molecule has 2 aliphatic heterocycles. The molecule has 150 valence electrons. The van der Waals surface area contributed by atoms with Gasteiger partial charge in [0.25, 0.3) is 0 Å². The Kier molecular flexibility index (Phi) is 4.54. The van der Waals surface area contributed by atoms with Crippen molar-refractivity contribution in [1.82, 2.24) is 30.0 Å². The zero-order chi connectivity index (χ0) is 19.1. The molecule has 2 aromatic rings. The number of carbonyl (C=O) groups excluding carboxylic acids is 1. The van der Waals surface area contributed by atoms with Gasteiger partial charge in [-0.3, -0.25) is 0 Å². The number of likely N-dealkylation sites (N-methyl/N-ethyl adjacent to an activating group) is 1. The van der Waals surface area contributed by atoms with E-state index in [1.165, 1.54) is 19.3 Å². The topological polar surface area (TPSA) is 87.9 Å². The smallest absolute Gasteiger partial charge is 0.317 e. The van der Waals surface area contributed by atoms with Gasteiger partial charge in [0.1, 0.15) is 5.82 Å². The summed E-state index contributed by atoms with van der Waals surface area (Å²) in [6.07, 6.45) is 5.88. The van der Waals surface area contributed by atoms with E-state index in [2.05, 4.69) is 20.4 Å². The summed E-state index contributed by atoms with van der Waals surface area (Å²) in [7, 11) is 1.86. The van der Waals surface area contributed by atoms with Crippen molar-refractivity contribution in [3.8, 4) is 0 Å². The van der Waals surface area contributed by atoms with E-state index in [0.29, 0.717) is 12.5 Å². The number of rotatable bonds is 5. The molecule has 0 bridgehead atoms. The molecule has 3 fully saturated rings. The highest BCUT2D eigenvalue weighted by atomic mass is 16.5. The molecule has 2 aromatic heterocycles. The molecule has 0 spiro atoms. The molecule has 0 aromatic carbocycles. The Hall–Kier alpha value is -2.42. The van der Waals surface area contributed by atoms with Crippen LogP contribution in [-0.4, -0.2) is 76.2 Å². The van der Waals surface area contributed by atoms with E-state index >= 15 is 0 Å². The van der Waals surface area contributed by atoms with E-state index in [0.717, 1.165) is 49.8 Å². The predicted octanol–water partition coefficient (Wildman–Crippen LogP) is 1.40. The number of fused-ring (bicyclic) bond motifs is 1. The van der Waals surface area contributed by atoms with Crippen LogP contribution < -0.4 is 10.2 Å². The minimum Gasteiger partial charge on any atom is -0.376 e. The molecule has 0 radical (unpaired) electrons. The summed E-state index contributed by atoms with van der Waals surface area (Å²) in [5, 5.41) is 16.3. The SMILES string of the molecule is CN(C(=O)NCC1CCCO1)C1CN(c2ccc3nnc(C4CCC4)n3n2)C1. The van der Waals surface area contributed by atoms with Crippen LogP contribution in [0.5, 0.6) is 0 Å². The minimum atomic E-state index is -0.0327. The number of nitrogens with zero attached hydrogens (tertiary/aromatic N) is 6. The molecule has 2 amide bonds. The van der Waals surface area contributed by atoms with Crippen LogP contribution >= 0.6 is 0 Å². The average molecular weight is 385 g/mol. The first-order valence-corrected chi connectivity index (χ1v) is 10.3. The molecule has 9 heteroatoms. The second kappa shape index (κ2) is 7.20. The van der Waals surface area contributed by atoms with E-state index < -0.39 is 0 Å². The summed E-state index contributed by atoms with van der Waals surface area (Å²) in [5.41, 5.74) is 0.799. The van der Waals surface area contributed by atoms with Gasteiger partial charge in [0, 0.05) is 39.2 Å². The van der Waals surface area contributed by atoms with Crippen LogP contribution in [0.1, 0.15) is 43.8 Å². The standard InChI is InChI=1S/C19H27N7O2/c1-24(19(27)20-10-15-6-3-9-28-15)14-11-25(12-14)17-8-7-16-21-22-18(26(16)23-17)13-4-2-5-13/h7-8,13-15H,2-6,9-12H2,1H3,(H,20,27). The minimum absolute atomic E-state index is 0.0327. The number of hydrogen-bond acceptors (Lipinski definition) is 6. The number of carbonyl (C=O) groups is 1. The van der Waals surface area contributed by atoms with Crippen molar-refractivity contribution in [1.29, 1.82) is 0 Å². The molecule has 1 unspecified atom stereocenters. The number of hydrogen-bond donors (Lipinski definition) is 1. The fraction of sp³-hybridized carbons (Fsp3) is 0.684. The van der Waals surface area contributed by atoms with Crippen LogP contribution in [0, 0.1) is 0 Å². The number of nitrogens with one attached hydrogen (secondary N) is 1. The van der Waals surface area contributed by atoms with E-state index in [-0.39, 0.29) is 18.2 Å². The second-order valence-corrected chi connectivity index (χ2v) is 8.14. The maximum atomic E-state index is 12.4. The molecule has 1 aliphatic carbocycles. The molecule has 4 heterocycles. The number of urea groups is 1. The van der Waals surface area contributed by atoms with Gasteiger partial charge in [0.15, 0.2) is 11.5 Å². The maximum Gasteiger partial charge on any atom is 0.317 e. The third kappa shape index (κ3) is 3.17.